The highest BCUT2D eigenvalue weighted by Gasteiger charge is 2.30. The zero-order valence-corrected chi connectivity index (χ0v) is 19.7. The number of amides is 1. The van der Waals surface area contributed by atoms with Crippen molar-refractivity contribution in [3.8, 4) is 17.0 Å². The quantitative estimate of drug-likeness (QED) is 0.598. The van der Waals surface area contributed by atoms with E-state index in [4.69, 9.17) is 9.47 Å². The first-order chi connectivity index (χ1) is 16.5. The molecule has 3 aromatic rings. The normalized spacial score (nSPS) is 16.8. The number of ether oxygens (including phenoxy) is 2. The first-order valence-corrected chi connectivity index (χ1v) is 12.6. The van der Waals surface area contributed by atoms with E-state index in [1.807, 2.05) is 18.2 Å². The maximum absolute atomic E-state index is 13.3. The third-order valence-corrected chi connectivity index (χ3v) is 8.19. The molecule has 0 saturated carbocycles. The topological polar surface area (TPSA) is 105 Å². The molecule has 0 radical (unpaired) electrons. The molecule has 5 rings (SSSR count). The minimum atomic E-state index is -3.78. The molecule has 0 unspecified atom stereocenters. The van der Waals surface area contributed by atoms with Crippen LogP contribution in [0.2, 0.25) is 0 Å². The van der Waals surface area contributed by atoms with Gasteiger partial charge in [0.2, 0.25) is 10.0 Å². The van der Waals surface area contributed by atoms with E-state index in [0.717, 1.165) is 12.0 Å². The van der Waals surface area contributed by atoms with Gasteiger partial charge in [0.05, 0.1) is 26.0 Å². The summed E-state index contributed by atoms with van der Waals surface area (Å²) in [6.45, 7) is 2.47. The molecule has 10 heteroatoms. The zero-order valence-electron chi connectivity index (χ0n) is 18.9. The summed E-state index contributed by atoms with van der Waals surface area (Å²) < 4.78 is 38.6. The first kappa shape index (κ1) is 22.6. The number of nitrogens with one attached hydrogen (secondary N) is 1. The van der Waals surface area contributed by atoms with E-state index < -0.39 is 10.0 Å². The summed E-state index contributed by atoms with van der Waals surface area (Å²) >= 11 is 0. The van der Waals surface area contributed by atoms with Crippen molar-refractivity contribution in [2.75, 3.05) is 40.0 Å². The lowest BCUT2D eigenvalue weighted by molar-refractivity contribution is 0.0728. The number of aromatic amines is 1. The third kappa shape index (κ3) is 4.20. The summed E-state index contributed by atoms with van der Waals surface area (Å²) in [6.07, 6.45) is 0.810. The van der Waals surface area contributed by atoms with Crippen molar-refractivity contribution in [1.29, 1.82) is 0 Å². The van der Waals surface area contributed by atoms with E-state index in [0.29, 0.717) is 43.3 Å². The molecule has 0 atom stereocenters. The molecule has 0 aliphatic carbocycles. The Labute approximate surface area is 198 Å². The van der Waals surface area contributed by atoms with Crippen LogP contribution in [-0.2, 0) is 27.7 Å². The second-order valence-electron chi connectivity index (χ2n) is 8.29. The van der Waals surface area contributed by atoms with Gasteiger partial charge in [-0.2, -0.15) is 9.40 Å². The van der Waals surface area contributed by atoms with Gasteiger partial charge >= 0.3 is 0 Å². The third-order valence-electron chi connectivity index (χ3n) is 6.27. The van der Waals surface area contributed by atoms with Crippen LogP contribution in [0.4, 0.5) is 0 Å². The van der Waals surface area contributed by atoms with Gasteiger partial charge in [-0.3, -0.25) is 9.89 Å². The van der Waals surface area contributed by atoms with Crippen LogP contribution in [0.1, 0.15) is 21.6 Å². The summed E-state index contributed by atoms with van der Waals surface area (Å²) in [6, 6.07) is 14.7. The molecule has 2 aliphatic rings. The van der Waals surface area contributed by atoms with Crippen LogP contribution in [0.3, 0.4) is 0 Å². The highest BCUT2D eigenvalue weighted by molar-refractivity contribution is 7.89. The summed E-state index contributed by atoms with van der Waals surface area (Å²) in [5.74, 6) is 0.122. The number of aromatic nitrogens is 2. The van der Waals surface area contributed by atoms with Crippen molar-refractivity contribution in [3.05, 3.63) is 65.4 Å². The van der Waals surface area contributed by atoms with Gasteiger partial charge in [0, 0.05) is 31.7 Å². The monoisotopic (exact) mass is 482 g/mol. The number of carbonyl (C=O) groups excluding carboxylic acids is 1. The fourth-order valence-electron chi connectivity index (χ4n) is 4.38. The van der Waals surface area contributed by atoms with Crippen LogP contribution in [-0.4, -0.2) is 73.7 Å². The number of morpholine rings is 1. The molecule has 1 saturated heterocycles. The highest BCUT2D eigenvalue weighted by Crippen LogP contribution is 2.32. The standard InChI is InChI=1S/C24H26N4O5S/c1-32-22-7-6-18(14-23(22)34(30,31)28-10-12-33-13-11-28)20-15-21(26-25-20)24(29)27-9-8-17-4-2-3-5-19(17)16-27/h2-7,14-15H,8-13,16H2,1H3,(H,25,26). The lowest BCUT2D eigenvalue weighted by Crippen LogP contribution is -2.40. The molecule has 0 spiro atoms. The molecular formula is C24H26N4O5S. The number of nitrogens with zero attached hydrogens (tertiary/aromatic N) is 3. The van der Waals surface area contributed by atoms with E-state index in [-0.39, 0.29) is 29.6 Å². The molecule has 1 aromatic heterocycles. The van der Waals surface area contributed by atoms with Crippen molar-refractivity contribution in [3.63, 3.8) is 0 Å². The smallest absolute Gasteiger partial charge is 0.272 e. The molecule has 1 fully saturated rings. The number of carbonyl (C=O) groups is 1. The molecule has 0 bridgehead atoms. The number of methoxy groups -OCH3 is 1. The number of hydrogen-bond donors (Lipinski definition) is 1. The van der Waals surface area contributed by atoms with Gasteiger partial charge in [0.1, 0.15) is 16.3 Å². The largest absolute Gasteiger partial charge is 0.495 e. The summed E-state index contributed by atoms with van der Waals surface area (Å²) in [5, 5.41) is 7.12. The predicted molar refractivity (Wildman–Crippen MR) is 125 cm³/mol. The van der Waals surface area contributed by atoms with Gasteiger partial charge in [0.25, 0.3) is 5.91 Å². The molecule has 1 amide bonds. The minimum Gasteiger partial charge on any atom is -0.495 e. The summed E-state index contributed by atoms with van der Waals surface area (Å²) in [5.41, 5.74) is 3.84. The van der Waals surface area contributed by atoms with Gasteiger partial charge in [-0.15, -0.1) is 0 Å². The van der Waals surface area contributed by atoms with Gasteiger partial charge in [-0.25, -0.2) is 8.42 Å². The van der Waals surface area contributed by atoms with Crippen LogP contribution < -0.4 is 4.74 Å². The Kier molecular flexibility index (Phi) is 6.11. The molecule has 3 heterocycles. The Balaban J connectivity index is 1.41. The second kappa shape index (κ2) is 9.21. The van der Waals surface area contributed by atoms with Crippen molar-refractivity contribution < 1.29 is 22.7 Å². The summed E-state index contributed by atoms with van der Waals surface area (Å²) in [4.78, 5) is 15.0. The maximum atomic E-state index is 13.3. The number of hydrogen-bond acceptors (Lipinski definition) is 6. The van der Waals surface area contributed by atoms with Crippen molar-refractivity contribution in [2.45, 2.75) is 17.9 Å². The van der Waals surface area contributed by atoms with Crippen LogP contribution in [0.25, 0.3) is 11.3 Å². The Morgan fingerprint density at radius 2 is 1.82 bits per heavy atom. The van der Waals surface area contributed by atoms with E-state index in [1.54, 1.807) is 29.2 Å². The lowest BCUT2D eigenvalue weighted by Gasteiger charge is -2.28. The Bertz CT molecular complexity index is 1310. The Morgan fingerprint density at radius 3 is 2.59 bits per heavy atom. The number of rotatable bonds is 5. The molecular weight excluding hydrogens is 456 g/mol. The second-order valence-corrected chi connectivity index (χ2v) is 10.2. The molecule has 178 valence electrons. The van der Waals surface area contributed by atoms with Crippen molar-refractivity contribution in [1.82, 2.24) is 19.4 Å². The minimum absolute atomic E-state index is 0.0675. The average molecular weight is 483 g/mol. The van der Waals surface area contributed by atoms with E-state index in [1.165, 1.54) is 17.0 Å². The maximum Gasteiger partial charge on any atom is 0.272 e. The number of H-pyrrole nitrogens is 1. The Hall–Kier alpha value is -3.21. The molecule has 2 aliphatic heterocycles. The van der Waals surface area contributed by atoms with Gasteiger partial charge in [-0.1, -0.05) is 24.3 Å². The Morgan fingerprint density at radius 1 is 1.06 bits per heavy atom. The SMILES string of the molecule is COc1ccc(-c2cc(C(=O)N3CCc4ccccc4C3)[nH]n2)cc1S(=O)(=O)N1CCOCC1. The van der Waals surface area contributed by atoms with Crippen LogP contribution >= 0.6 is 0 Å². The number of benzene rings is 2. The van der Waals surface area contributed by atoms with E-state index in [9.17, 15) is 13.2 Å². The van der Waals surface area contributed by atoms with Crippen LogP contribution in [0.5, 0.6) is 5.75 Å². The predicted octanol–water partition coefficient (Wildman–Crippen LogP) is 2.30. The zero-order chi connectivity index (χ0) is 23.7. The van der Waals surface area contributed by atoms with Crippen LogP contribution in [0.15, 0.2) is 53.4 Å². The fraction of sp³-hybridized carbons (Fsp3) is 0.333. The number of sulfonamides is 1. The molecule has 34 heavy (non-hydrogen) atoms. The van der Waals surface area contributed by atoms with Gasteiger partial charge in [0.15, 0.2) is 0 Å². The van der Waals surface area contributed by atoms with E-state index >= 15 is 0 Å². The van der Waals surface area contributed by atoms with Crippen molar-refractivity contribution >= 4 is 15.9 Å². The van der Waals surface area contributed by atoms with E-state index in [2.05, 4.69) is 16.3 Å². The van der Waals surface area contributed by atoms with Gasteiger partial charge in [-0.05, 0) is 41.8 Å². The highest BCUT2D eigenvalue weighted by atomic mass is 32.2. The molecule has 9 nitrogen and oxygen atoms in total. The van der Waals surface area contributed by atoms with Gasteiger partial charge < -0.3 is 14.4 Å². The average Bonchev–Trinajstić information content (AvgIpc) is 3.38. The lowest BCUT2D eigenvalue weighted by atomic mass is 10.00. The van der Waals surface area contributed by atoms with Crippen LogP contribution in [0, 0.1) is 0 Å². The molecule has 1 N–H and O–H groups in total. The number of fused-ring (bicyclic) bond motifs is 1. The fourth-order valence-corrected chi connectivity index (χ4v) is 5.97. The van der Waals surface area contributed by atoms with Crippen molar-refractivity contribution in [2.24, 2.45) is 0 Å². The molecule has 2 aromatic carbocycles. The summed E-state index contributed by atoms with van der Waals surface area (Å²) in [7, 11) is -2.34. The first-order valence-electron chi connectivity index (χ1n) is 11.1.